The molecule has 0 fully saturated rings. The van der Waals surface area contributed by atoms with Crippen molar-refractivity contribution in [1.29, 1.82) is 0 Å². The molecule has 0 saturated heterocycles. The van der Waals surface area contributed by atoms with Crippen LogP contribution >= 0.6 is 0 Å². The number of hydrogen-bond donors (Lipinski definition) is 1. The molecule has 0 amide bonds. The van der Waals surface area contributed by atoms with Crippen molar-refractivity contribution >= 4 is 26.1 Å². The highest BCUT2D eigenvalue weighted by molar-refractivity contribution is 6.64. The van der Waals surface area contributed by atoms with Crippen LogP contribution in [0.2, 0.25) is 19.1 Å². The van der Waals surface area contributed by atoms with E-state index in [0.717, 1.165) is 21.0 Å². The molecule has 0 spiro atoms. The van der Waals surface area contributed by atoms with Gasteiger partial charge in [-0.15, -0.1) is 0 Å². The molecule has 1 radical (unpaired) electrons. The fraction of sp³-hybridized carbons (Fsp3) is 1.00. The lowest BCUT2D eigenvalue weighted by atomic mass is 10.8. The molecule has 0 aromatic carbocycles. The van der Waals surface area contributed by atoms with Crippen LogP contribution in [0.4, 0.5) is 0 Å². The molecular formula is C4H12NOSi3. The zero-order valence-electron chi connectivity index (χ0n) is 5.90. The highest BCUT2D eigenvalue weighted by Gasteiger charge is 1.89. The predicted octanol–water partition coefficient (Wildman–Crippen LogP) is -0.130. The first kappa shape index (κ1) is 9.41. The summed E-state index contributed by atoms with van der Waals surface area (Å²) >= 11 is 0. The zero-order chi connectivity index (χ0) is 7.11. The molecule has 2 nitrogen and oxygen atoms in total. The van der Waals surface area contributed by atoms with Gasteiger partial charge in [0, 0.05) is 0 Å². The van der Waals surface area contributed by atoms with E-state index in [4.69, 9.17) is 9.85 Å². The topological polar surface area (TPSA) is 35.2 Å². The smallest absolute Gasteiger partial charge is 0.266 e. The van der Waals surface area contributed by atoms with E-state index >= 15 is 0 Å². The summed E-state index contributed by atoms with van der Waals surface area (Å²) in [6.07, 6.45) is 0. The van der Waals surface area contributed by atoms with Crippen molar-refractivity contribution in [2.45, 2.75) is 19.1 Å². The van der Waals surface area contributed by atoms with Crippen LogP contribution < -0.4 is 5.73 Å². The molecule has 2 N–H and O–H groups in total. The fourth-order valence-electron chi connectivity index (χ4n) is 0.261. The van der Waals surface area contributed by atoms with Crippen LogP contribution in [0.25, 0.3) is 0 Å². The fourth-order valence-corrected chi connectivity index (χ4v) is 4.84. The minimum atomic E-state index is -0.437. The molecule has 0 aromatic heterocycles. The Kier molecular flexibility index (Phi) is 6.83. The molecule has 9 heavy (non-hydrogen) atoms. The molecular weight excluding hydrogens is 162 g/mol. The van der Waals surface area contributed by atoms with Crippen molar-refractivity contribution in [3.8, 4) is 0 Å². The van der Waals surface area contributed by atoms with Gasteiger partial charge in [0.1, 0.15) is 0 Å². The first-order valence-corrected chi connectivity index (χ1v) is 8.44. The molecule has 0 atom stereocenters. The molecule has 0 unspecified atom stereocenters. The Bertz CT molecular complexity index is 117. The highest BCUT2D eigenvalue weighted by atomic mass is 28.7. The zero-order valence-corrected chi connectivity index (χ0v) is 8.90. The first-order valence-electron chi connectivity index (χ1n) is 2.92. The van der Waals surface area contributed by atoms with E-state index in [-0.39, 0.29) is 0 Å². The maximum Gasteiger partial charge on any atom is 0.266 e. The van der Waals surface area contributed by atoms with E-state index in [9.17, 15) is 0 Å². The quantitative estimate of drug-likeness (QED) is 0.592. The van der Waals surface area contributed by atoms with Crippen molar-refractivity contribution in [2.75, 3.05) is 6.54 Å². The van der Waals surface area contributed by atoms with Gasteiger partial charge < -0.3 is 9.85 Å². The number of hydrogen-bond acceptors (Lipinski definition) is 2. The predicted molar refractivity (Wildman–Crippen MR) is 43.9 cm³/mol. The molecule has 0 rings (SSSR count). The van der Waals surface area contributed by atoms with Crippen molar-refractivity contribution in [3.05, 3.63) is 0 Å². The number of nitrogens with two attached hydrogens (primary N) is 1. The van der Waals surface area contributed by atoms with Gasteiger partial charge in [-0.2, -0.15) is 0 Å². The maximum atomic E-state index is 5.43. The van der Waals surface area contributed by atoms with Crippen LogP contribution in [0.1, 0.15) is 0 Å². The van der Waals surface area contributed by atoms with Crippen molar-refractivity contribution < 1.29 is 4.12 Å². The van der Waals surface area contributed by atoms with Crippen molar-refractivity contribution in [3.63, 3.8) is 0 Å². The summed E-state index contributed by atoms with van der Waals surface area (Å²) in [7, 11) is 1.21. The normalized spacial score (nSPS) is 8.44. The van der Waals surface area contributed by atoms with Gasteiger partial charge in [0.05, 0.1) is 0 Å². The largest absolute Gasteiger partial charge is 0.561 e. The summed E-state index contributed by atoms with van der Waals surface area (Å²) < 4.78 is 5.43. The molecule has 5 heteroatoms. The first-order chi connectivity index (χ1) is 4.27. The second kappa shape index (κ2) is 6.53. The molecule has 0 aliphatic heterocycles. The van der Waals surface area contributed by atoms with E-state index in [0.29, 0.717) is 8.66 Å². The molecule has 51 valence electrons. The van der Waals surface area contributed by atoms with Crippen LogP contribution in [0.3, 0.4) is 0 Å². The second-order valence-electron chi connectivity index (χ2n) is 1.83. The van der Waals surface area contributed by atoms with E-state index in [1.54, 1.807) is 0 Å². The molecule has 0 bridgehead atoms. The summed E-state index contributed by atoms with van der Waals surface area (Å²) in [5.41, 5.74) is 5.31. The Morgan fingerprint density at radius 2 is 2.22 bits per heavy atom. The average molecular weight is 174 g/mol. The van der Waals surface area contributed by atoms with Gasteiger partial charge in [-0.25, -0.2) is 0 Å². The Labute approximate surface area is 62.2 Å². The van der Waals surface area contributed by atoms with Gasteiger partial charge in [0.15, 0.2) is 8.66 Å². The van der Waals surface area contributed by atoms with Gasteiger partial charge in [0.25, 0.3) is 9.04 Å². The maximum absolute atomic E-state index is 5.43. The molecule has 0 aliphatic rings. The Hall–Kier alpha value is 0.411. The Morgan fingerprint density at radius 3 is 2.67 bits per heavy atom. The lowest BCUT2D eigenvalue weighted by molar-refractivity contribution is 0.645. The third kappa shape index (κ3) is 8.41. The van der Waals surface area contributed by atoms with E-state index < -0.39 is 9.04 Å². The second-order valence-corrected chi connectivity index (χ2v) is 7.19. The van der Waals surface area contributed by atoms with E-state index in [1.807, 2.05) is 0 Å². The summed E-state index contributed by atoms with van der Waals surface area (Å²) in [6.45, 7) is 5.12. The Balaban J connectivity index is 3.16. The highest BCUT2D eigenvalue weighted by Crippen LogP contribution is 1.74. The van der Waals surface area contributed by atoms with E-state index in [2.05, 4.69) is 13.1 Å². The summed E-state index contributed by atoms with van der Waals surface area (Å²) in [4.78, 5) is 0. The van der Waals surface area contributed by atoms with Crippen LogP contribution in [-0.4, -0.2) is 32.7 Å². The summed E-state index contributed by atoms with van der Waals surface area (Å²) in [5.74, 6) is 0. The van der Waals surface area contributed by atoms with Crippen LogP contribution in [-0.2, 0) is 4.12 Å². The minimum Gasteiger partial charge on any atom is -0.561 e. The summed E-state index contributed by atoms with van der Waals surface area (Å²) in [5, 5.41) is 0. The van der Waals surface area contributed by atoms with Gasteiger partial charge in [-0.1, -0.05) is 0 Å². The van der Waals surface area contributed by atoms with E-state index in [1.165, 1.54) is 0 Å². The average Bonchev–Trinajstić information content (AvgIpc) is 1.80. The third-order valence-corrected chi connectivity index (χ3v) is 5.42. The van der Waals surface area contributed by atoms with Gasteiger partial charge in [-0.05, 0) is 34.1 Å². The monoisotopic (exact) mass is 174 g/mol. The van der Waals surface area contributed by atoms with Gasteiger partial charge >= 0.3 is 0 Å². The van der Waals surface area contributed by atoms with Crippen molar-refractivity contribution in [2.24, 2.45) is 5.73 Å². The van der Waals surface area contributed by atoms with Crippen LogP contribution in [0.15, 0.2) is 0 Å². The minimum absolute atomic E-state index is 0.437. The molecule has 0 aromatic rings. The van der Waals surface area contributed by atoms with Crippen LogP contribution in [0.5, 0.6) is 0 Å². The summed E-state index contributed by atoms with van der Waals surface area (Å²) in [6, 6.07) is 1.13. The third-order valence-electron chi connectivity index (χ3n) is 0.597. The molecule has 0 aliphatic carbocycles. The standard InChI is InChI=1S/C4H12NOSi3/c1-9(2)6-8-7-4-3-5/h3-5H2,1-2H3. The molecule has 0 heterocycles. The van der Waals surface area contributed by atoms with Crippen LogP contribution in [0, 0.1) is 0 Å². The lowest BCUT2D eigenvalue weighted by Gasteiger charge is -1.95. The van der Waals surface area contributed by atoms with Gasteiger partial charge in [-0.3, -0.25) is 0 Å². The number of rotatable bonds is 2. The van der Waals surface area contributed by atoms with Gasteiger partial charge in [0.2, 0.25) is 0 Å². The lowest BCUT2D eigenvalue weighted by Crippen LogP contribution is -2.07. The Morgan fingerprint density at radius 1 is 1.56 bits per heavy atom. The molecule has 0 saturated carbocycles. The SMILES string of the molecule is C[Si](C)O[Si]#[Si]CCN. The van der Waals surface area contributed by atoms with Crippen molar-refractivity contribution in [1.82, 2.24) is 0 Å².